The van der Waals surface area contributed by atoms with Crippen molar-refractivity contribution in [2.24, 2.45) is 0 Å². The third-order valence-electron chi connectivity index (χ3n) is 4.66. The van der Waals surface area contributed by atoms with E-state index in [1.165, 1.54) is 29.5 Å². The molecule has 2 unspecified atom stereocenters. The van der Waals surface area contributed by atoms with E-state index in [-0.39, 0.29) is 18.1 Å². The van der Waals surface area contributed by atoms with Crippen molar-refractivity contribution in [2.45, 2.75) is 25.2 Å². The zero-order chi connectivity index (χ0) is 17.7. The van der Waals surface area contributed by atoms with Gasteiger partial charge in [0.2, 0.25) is 11.4 Å². The first-order valence-electron chi connectivity index (χ1n) is 8.07. The van der Waals surface area contributed by atoms with Crippen molar-refractivity contribution in [1.29, 1.82) is 0 Å². The summed E-state index contributed by atoms with van der Waals surface area (Å²) in [6, 6.07) is 7.61. The highest BCUT2D eigenvalue weighted by Crippen LogP contribution is 2.54. The fourth-order valence-corrected chi connectivity index (χ4v) is 4.44. The number of hydrogen-bond acceptors (Lipinski definition) is 5. The molecule has 2 aromatic rings. The Morgan fingerprint density at radius 1 is 1.36 bits per heavy atom. The van der Waals surface area contributed by atoms with Gasteiger partial charge in [-0.15, -0.1) is 11.3 Å². The second-order valence-corrected chi connectivity index (χ2v) is 6.93. The molecule has 1 aromatic carbocycles. The van der Waals surface area contributed by atoms with E-state index in [0.29, 0.717) is 17.0 Å². The molecule has 4 nitrogen and oxygen atoms in total. The molecule has 0 radical (unpaired) electrons. The number of hydrogen-bond donors (Lipinski definition) is 0. The second kappa shape index (κ2) is 5.76. The van der Waals surface area contributed by atoms with Crippen molar-refractivity contribution in [1.82, 2.24) is 0 Å². The van der Waals surface area contributed by atoms with Crippen LogP contribution in [0.1, 0.15) is 29.1 Å². The Morgan fingerprint density at radius 3 is 2.84 bits per heavy atom. The van der Waals surface area contributed by atoms with E-state index < -0.39 is 17.2 Å². The van der Waals surface area contributed by atoms with E-state index >= 15 is 0 Å². The monoisotopic (exact) mass is 360 g/mol. The second-order valence-electron chi connectivity index (χ2n) is 5.98. The fourth-order valence-electron chi connectivity index (χ4n) is 3.58. The summed E-state index contributed by atoms with van der Waals surface area (Å²) in [5, 5.41) is 1.88. The molecule has 2 atom stereocenters. The van der Waals surface area contributed by atoms with Crippen LogP contribution >= 0.6 is 11.3 Å². The zero-order valence-electron chi connectivity index (χ0n) is 13.9. The number of halogens is 1. The summed E-state index contributed by atoms with van der Waals surface area (Å²) in [5.41, 5.74) is -0.393. The SMILES string of the molecule is CCOC1(c2cccs2)Oc2cc(F)ccc2C(=O)C12OCC=C2C. The van der Waals surface area contributed by atoms with Crippen LogP contribution in [-0.4, -0.2) is 24.6 Å². The van der Waals surface area contributed by atoms with Crippen molar-refractivity contribution >= 4 is 17.1 Å². The van der Waals surface area contributed by atoms with E-state index in [1.54, 1.807) is 0 Å². The van der Waals surface area contributed by atoms with Crippen LogP contribution in [-0.2, 0) is 15.3 Å². The van der Waals surface area contributed by atoms with Gasteiger partial charge < -0.3 is 14.2 Å². The molecule has 25 heavy (non-hydrogen) atoms. The smallest absolute Gasteiger partial charge is 0.287 e. The number of carbonyl (C=O) groups excluding carboxylic acids is 1. The lowest BCUT2D eigenvalue weighted by molar-refractivity contribution is -0.269. The normalized spacial score (nSPS) is 28.0. The molecule has 0 aliphatic carbocycles. The first-order valence-corrected chi connectivity index (χ1v) is 8.95. The molecule has 2 aliphatic heterocycles. The number of benzene rings is 1. The molecule has 3 heterocycles. The third kappa shape index (κ3) is 2.08. The van der Waals surface area contributed by atoms with Crippen LogP contribution in [0.2, 0.25) is 0 Å². The number of rotatable bonds is 3. The number of thiophene rings is 1. The number of ether oxygens (including phenoxy) is 3. The van der Waals surface area contributed by atoms with E-state index in [9.17, 15) is 9.18 Å². The molecule has 0 N–H and O–H groups in total. The quantitative estimate of drug-likeness (QED) is 0.774. The predicted octanol–water partition coefficient (Wildman–Crippen LogP) is 4.07. The van der Waals surface area contributed by atoms with Gasteiger partial charge in [0.1, 0.15) is 11.6 Å². The molecule has 1 spiro atoms. The summed E-state index contributed by atoms with van der Waals surface area (Å²) in [4.78, 5) is 14.2. The van der Waals surface area contributed by atoms with Crippen molar-refractivity contribution in [3.8, 4) is 5.75 Å². The van der Waals surface area contributed by atoms with Gasteiger partial charge in [-0.05, 0) is 43.0 Å². The lowest BCUT2D eigenvalue weighted by Gasteiger charge is -2.48. The number of ketones is 1. The minimum absolute atomic E-state index is 0.167. The highest BCUT2D eigenvalue weighted by Gasteiger charge is 2.68. The highest BCUT2D eigenvalue weighted by atomic mass is 32.1. The van der Waals surface area contributed by atoms with Gasteiger partial charge >= 0.3 is 0 Å². The Hall–Kier alpha value is -2.02. The maximum Gasteiger partial charge on any atom is 0.287 e. The van der Waals surface area contributed by atoms with Crippen molar-refractivity contribution in [3.63, 3.8) is 0 Å². The average Bonchev–Trinajstić information content (AvgIpc) is 3.24. The molecule has 130 valence electrons. The minimum Gasteiger partial charge on any atom is -0.452 e. The lowest BCUT2D eigenvalue weighted by Crippen LogP contribution is -2.64. The predicted molar refractivity (Wildman–Crippen MR) is 91.4 cm³/mol. The van der Waals surface area contributed by atoms with E-state index in [4.69, 9.17) is 14.2 Å². The fraction of sp³-hybridized carbons (Fsp3) is 0.316. The molecule has 0 amide bonds. The van der Waals surface area contributed by atoms with Crippen LogP contribution in [0.4, 0.5) is 4.39 Å². The first-order chi connectivity index (χ1) is 12.0. The summed E-state index contributed by atoms with van der Waals surface area (Å²) >= 11 is 1.41. The molecule has 0 saturated carbocycles. The maximum atomic E-state index is 13.8. The molecule has 0 saturated heterocycles. The Labute approximate surface area is 148 Å². The Balaban J connectivity index is 2.03. The summed E-state index contributed by atoms with van der Waals surface area (Å²) in [6.07, 6.45) is 1.86. The van der Waals surface area contributed by atoms with Crippen LogP contribution in [0.25, 0.3) is 0 Å². The third-order valence-corrected chi connectivity index (χ3v) is 5.62. The van der Waals surface area contributed by atoms with Crippen molar-refractivity contribution < 1.29 is 23.4 Å². The standard InChI is InChI=1S/C19H17FO4S/c1-3-22-19(16-5-4-10-25-16)18(12(2)8-9-23-18)17(21)14-7-6-13(20)11-15(14)24-19/h4-8,10-11H,3,9H2,1-2H3. The Bertz CT molecular complexity index is 860. The van der Waals surface area contributed by atoms with Gasteiger partial charge in [0.25, 0.3) is 5.79 Å². The molecule has 1 aromatic heterocycles. The van der Waals surface area contributed by atoms with E-state index in [2.05, 4.69) is 0 Å². The van der Waals surface area contributed by atoms with E-state index in [1.807, 2.05) is 37.4 Å². The topological polar surface area (TPSA) is 44.8 Å². The number of carbonyl (C=O) groups is 1. The summed E-state index contributed by atoms with van der Waals surface area (Å²) < 4.78 is 32.1. The summed E-state index contributed by atoms with van der Waals surface area (Å²) in [5.74, 6) is -2.06. The van der Waals surface area contributed by atoms with E-state index in [0.717, 1.165) is 5.57 Å². The van der Waals surface area contributed by atoms with Crippen molar-refractivity contribution in [2.75, 3.05) is 13.2 Å². The van der Waals surface area contributed by atoms with Gasteiger partial charge in [-0.2, -0.15) is 0 Å². The Morgan fingerprint density at radius 2 is 2.20 bits per heavy atom. The van der Waals surface area contributed by atoms with Crippen LogP contribution in [0.5, 0.6) is 5.75 Å². The maximum absolute atomic E-state index is 13.8. The van der Waals surface area contributed by atoms with Crippen LogP contribution in [0, 0.1) is 5.82 Å². The van der Waals surface area contributed by atoms with Gasteiger partial charge in [0.05, 0.1) is 17.0 Å². The molecule has 2 aliphatic rings. The van der Waals surface area contributed by atoms with Gasteiger partial charge in [0.15, 0.2) is 0 Å². The van der Waals surface area contributed by atoms with Gasteiger partial charge in [-0.1, -0.05) is 12.1 Å². The molecule has 0 fully saturated rings. The average molecular weight is 360 g/mol. The first kappa shape index (κ1) is 16.4. The number of fused-ring (bicyclic) bond motifs is 1. The van der Waals surface area contributed by atoms with Gasteiger partial charge in [-0.3, -0.25) is 4.79 Å². The lowest BCUT2D eigenvalue weighted by atomic mass is 9.76. The van der Waals surface area contributed by atoms with Crippen LogP contribution in [0.15, 0.2) is 47.4 Å². The summed E-state index contributed by atoms with van der Waals surface area (Å²) in [6.45, 7) is 4.25. The minimum atomic E-state index is -1.48. The highest BCUT2D eigenvalue weighted by molar-refractivity contribution is 7.10. The molecule has 6 heteroatoms. The summed E-state index contributed by atoms with van der Waals surface area (Å²) in [7, 11) is 0. The van der Waals surface area contributed by atoms with Gasteiger partial charge in [0, 0.05) is 12.7 Å². The molecular formula is C19H17FO4S. The number of Topliss-reactive ketones (excluding diaryl/α,β-unsaturated/α-hetero) is 1. The molecule has 0 bridgehead atoms. The largest absolute Gasteiger partial charge is 0.452 e. The van der Waals surface area contributed by atoms with Crippen LogP contribution in [0.3, 0.4) is 0 Å². The Kier molecular flexibility index (Phi) is 3.79. The zero-order valence-corrected chi connectivity index (χ0v) is 14.7. The molecule has 4 rings (SSSR count). The van der Waals surface area contributed by atoms with Gasteiger partial charge in [-0.25, -0.2) is 4.39 Å². The van der Waals surface area contributed by atoms with Crippen LogP contribution < -0.4 is 4.74 Å². The van der Waals surface area contributed by atoms with Crippen molar-refractivity contribution in [3.05, 3.63) is 63.6 Å². The molecular weight excluding hydrogens is 343 g/mol.